The van der Waals surface area contributed by atoms with Crippen LogP contribution in [0.25, 0.3) is 0 Å². The standard InChI is InChI=1S/C12H10FN5OS/c1-2-15-12-18-17-11(20-12)10(19)16-9-4-3-7(6-14)5-8(9)13/h3-5H,2H2,1H3,(H,15,18)(H,16,19). The number of benzene rings is 1. The maximum absolute atomic E-state index is 13.6. The van der Waals surface area contributed by atoms with Gasteiger partial charge in [-0.2, -0.15) is 5.26 Å². The van der Waals surface area contributed by atoms with Crippen LogP contribution >= 0.6 is 11.3 Å². The van der Waals surface area contributed by atoms with Crippen molar-refractivity contribution in [3.8, 4) is 6.07 Å². The lowest BCUT2D eigenvalue weighted by Crippen LogP contribution is -2.12. The van der Waals surface area contributed by atoms with E-state index < -0.39 is 11.7 Å². The lowest BCUT2D eigenvalue weighted by molar-refractivity contribution is 0.102. The minimum atomic E-state index is -0.672. The number of hydrogen-bond acceptors (Lipinski definition) is 6. The molecule has 0 atom stereocenters. The fourth-order valence-electron chi connectivity index (χ4n) is 1.40. The average Bonchev–Trinajstić information content (AvgIpc) is 2.90. The minimum absolute atomic E-state index is 0.00537. The molecule has 0 saturated carbocycles. The van der Waals surface area contributed by atoms with E-state index in [1.54, 1.807) is 0 Å². The van der Waals surface area contributed by atoms with Gasteiger partial charge in [-0.3, -0.25) is 4.79 Å². The van der Waals surface area contributed by atoms with Crippen LogP contribution in [0, 0.1) is 17.1 Å². The number of amides is 1. The predicted molar refractivity (Wildman–Crippen MR) is 73.1 cm³/mol. The Hall–Kier alpha value is -2.53. The maximum Gasteiger partial charge on any atom is 0.286 e. The summed E-state index contributed by atoms with van der Waals surface area (Å²) in [4.78, 5) is 11.9. The summed E-state index contributed by atoms with van der Waals surface area (Å²) in [5.74, 6) is -1.22. The highest BCUT2D eigenvalue weighted by molar-refractivity contribution is 7.17. The zero-order valence-corrected chi connectivity index (χ0v) is 11.3. The fourth-order valence-corrected chi connectivity index (χ4v) is 2.11. The highest BCUT2D eigenvalue weighted by Gasteiger charge is 2.14. The Morgan fingerprint density at radius 1 is 1.50 bits per heavy atom. The Morgan fingerprint density at radius 2 is 2.30 bits per heavy atom. The molecule has 0 aliphatic rings. The SMILES string of the molecule is CCNc1nnc(C(=O)Nc2ccc(C#N)cc2F)s1. The van der Waals surface area contributed by atoms with Gasteiger partial charge in [-0.05, 0) is 25.1 Å². The summed E-state index contributed by atoms with van der Waals surface area (Å²) < 4.78 is 13.6. The quantitative estimate of drug-likeness (QED) is 0.901. The molecule has 0 unspecified atom stereocenters. The van der Waals surface area contributed by atoms with Crippen LogP contribution in [-0.4, -0.2) is 22.6 Å². The van der Waals surface area contributed by atoms with Gasteiger partial charge in [-0.15, -0.1) is 10.2 Å². The number of carbonyl (C=O) groups is 1. The van der Waals surface area contributed by atoms with E-state index in [9.17, 15) is 9.18 Å². The number of carbonyl (C=O) groups excluding carboxylic acids is 1. The van der Waals surface area contributed by atoms with Gasteiger partial charge in [0.2, 0.25) is 10.1 Å². The smallest absolute Gasteiger partial charge is 0.286 e. The van der Waals surface area contributed by atoms with E-state index in [0.29, 0.717) is 11.7 Å². The first-order chi connectivity index (χ1) is 9.63. The third-order valence-electron chi connectivity index (χ3n) is 2.29. The van der Waals surface area contributed by atoms with Crippen molar-refractivity contribution in [2.45, 2.75) is 6.92 Å². The second-order valence-corrected chi connectivity index (χ2v) is 4.68. The van der Waals surface area contributed by atoms with Gasteiger partial charge in [0, 0.05) is 6.54 Å². The van der Waals surface area contributed by atoms with E-state index >= 15 is 0 Å². The molecule has 102 valence electrons. The number of rotatable bonds is 4. The van der Waals surface area contributed by atoms with Crippen LogP contribution in [0.4, 0.5) is 15.2 Å². The third kappa shape index (κ3) is 3.07. The summed E-state index contributed by atoms with van der Waals surface area (Å²) >= 11 is 1.08. The molecule has 0 aliphatic carbocycles. The molecule has 0 bridgehead atoms. The van der Waals surface area contributed by atoms with Gasteiger partial charge < -0.3 is 10.6 Å². The lowest BCUT2D eigenvalue weighted by Gasteiger charge is -2.04. The molecule has 0 radical (unpaired) electrons. The number of anilines is 2. The van der Waals surface area contributed by atoms with E-state index in [1.807, 2.05) is 13.0 Å². The summed E-state index contributed by atoms with van der Waals surface area (Å²) in [5, 5.41) is 22.1. The minimum Gasteiger partial charge on any atom is -0.360 e. The Bertz CT molecular complexity index is 679. The van der Waals surface area contributed by atoms with E-state index in [4.69, 9.17) is 5.26 Å². The fraction of sp³-hybridized carbons (Fsp3) is 0.167. The van der Waals surface area contributed by atoms with E-state index in [1.165, 1.54) is 12.1 Å². The highest BCUT2D eigenvalue weighted by Crippen LogP contribution is 2.19. The molecule has 1 amide bonds. The number of nitrogens with zero attached hydrogens (tertiary/aromatic N) is 3. The molecule has 1 aromatic heterocycles. The molecule has 0 spiro atoms. The molecule has 0 saturated heterocycles. The van der Waals surface area contributed by atoms with Crippen molar-refractivity contribution in [3.63, 3.8) is 0 Å². The van der Waals surface area contributed by atoms with Crippen LogP contribution in [0.2, 0.25) is 0 Å². The number of nitriles is 1. The summed E-state index contributed by atoms with van der Waals surface area (Å²) in [7, 11) is 0. The first-order valence-corrected chi connectivity index (χ1v) is 6.54. The van der Waals surface area contributed by atoms with Gasteiger partial charge in [0.15, 0.2) is 0 Å². The summed E-state index contributed by atoms with van der Waals surface area (Å²) in [6.45, 7) is 2.56. The van der Waals surface area contributed by atoms with Crippen LogP contribution in [0.5, 0.6) is 0 Å². The molecule has 0 aliphatic heterocycles. The Labute approximate surface area is 118 Å². The monoisotopic (exact) mass is 291 g/mol. The first kappa shape index (κ1) is 13.9. The maximum atomic E-state index is 13.6. The van der Waals surface area contributed by atoms with Crippen LogP contribution in [0.15, 0.2) is 18.2 Å². The molecule has 1 heterocycles. The zero-order valence-electron chi connectivity index (χ0n) is 10.5. The van der Waals surface area contributed by atoms with Crippen LogP contribution in [0.3, 0.4) is 0 Å². The number of halogens is 1. The Balaban J connectivity index is 2.13. The molecule has 2 aromatic rings. The molecule has 6 nitrogen and oxygen atoms in total. The van der Waals surface area contributed by atoms with Crippen molar-refractivity contribution in [1.82, 2.24) is 10.2 Å². The third-order valence-corrected chi connectivity index (χ3v) is 3.17. The van der Waals surface area contributed by atoms with Gasteiger partial charge in [0.25, 0.3) is 5.91 Å². The average molecular weight is 291 g/mol. The van der Waals surface area contributed by atoms with Gasteiger partial charge in [-0.25, -0.2) is 4.39 Å². The molecule has 1 aromatic carbocycles. The van der Waals surface area contributed by atoms with E-state index in [2.05, 4.69) is 20.8 Å². The van der Waals surface area contributed by atoms with Crippen LogP contribution in [-0.2, 0) is 0 Å². The molecule has 0 fully saturated rings. The molecular weight excluding hydrogens is 281 g/mol. The van der Waals surface area contributed by atoms with E-state index in [-0.39, 0.29) is 16.3 Å². The second-order valence-electron chi connectivity index (χ2n) is 3.70. The normalized spacial score (nSPS) is 9.85. The van der Waals surface area contributed by atoms with Crippen molar-refractivity contribution >= 4 is 28.1 Å². The van der Waals surface area contributed by atoms with Gasteiger partial charge in [-0.1, -0.05) is 11.3 Å². The number of aromatic nitrogens is 2. The summed E-state index contributed by atoms with van der Waals surface area (Å²) in [6, 6.07) is 5.62. The van der Waals surface area contributed by atoms with Crippen molar-refractivity contribution in [2.24, 2.45) is 0 Å². The lowest BCUT2D eigenvalue weighted by atomic mass is 10.2. The molecule has 2 N–H and O–H groups in total. The molecule has 20 heavy (non-hydrogen) atoms. The molecular formula is C12H10FN5OS. The molecule has 2 rings (SSSR count). The topological polar surface area (TPSA) is 90.7 Å². The van der Waals surface area contributed by atoms with Gasteiger partial charge in [0.05, 0.1) is 17.3 Å². The number of hydrogen-bond donors (Lipinski definition) is 2. The first-order valence-electron chi connectivity index (χ1n) is 5.72. The molecule has 8 heteroatoms. The highest BCUT2D eigenvalue weighted by atomic mass is 32.1. The van der Waals surface area contributed by atoms with Crippen LogP contribution < -0.4 is 10.6 Å². The van der Waals surface area contributed by atoms with Crippen molar-refractivity contribution in [3.05, 3.63) is 34.6 Å². The van der Waals surface area contributed by atoms with Crippen molar-refractivity contribution < 1.29 is 9.18 Å². The van der Waals surface area contributed by atoms with Crippen molar-refractivity contribution in [1.29, 1.82) is 5.26 Å². The van der Waals surface area contributed by atoms with Crippen LogP contribution in [0.1, 0.15) is 22.3 Å². The predicted octanol–water partition coefficient (Wildman–Crippen LogP) is 2.23. The summed E-state index contributed by atoms with van der Waals surface area (Å²) in [6.07, 6.45) is 0. The van der Waals surface area contributed by atoms with Crippen molar-refractivity contribution in [2.75, 3.05) is 17.2 Å². The number of nitrogens with one attached hydrogen (secondary N) is 2. The van der Waals surface area contributed by atoms with Gasteiger partial charge in [0.1, 0.15) is 5.82 Å². The largest absolute Gasteiger partial charge is 0.360 e. The summed E-state index contributed by atoms with van der Waals surface area (Å²) in [5.41, 5.74) is 0.181. The Morgan fingerprint density at radius 3 is 2.95 bits per heavy atom. The van der Waals surface area contributed by atoms with Gasteiger partial charge >= 0.3 is 0 Å². The van der Waals surface area contributed by atoms with E-state index in [0.717, 1.165) is 17.4 Å². The zero-order chi connectivity index (χ0) is 14.5. The Kier molecular flexibility index (Phi) is 4.22. The second kappa shape index (κ2) is 6.08.